The van der Waals surface area contributed by atoms with E-state index >= 15 is 0 Å². The molecular formula is C9H19NO. The predicted octanol–water partition coefficient (Wildman–Crippen LogP) is 1.10. The molecule has 0 aromatic rings. The zero-order valence-corrected chi connectivity index (χ0v) is 7.75. The van der Waals surface area contributed by atoms with E-state index in [1.54, 1.807) is 0 Å². The minimum Gasteiger partial charge on any atom is -0.391 e. The molecule has 2 heteroatoms. The molecule has 0 radical (unpaired) electrons. The lowest BCUT2D eigenvalue weighted by Crippen LogP contribution is -2.34. The Balaban J connectivity index is 2.36. The molecule has 2 nitrogen and oxygen atoms in total. The third-order valence-corrected chi connectivity index (χ3v) is 2.44. The van der Waals surface area contributed by atoms with E-state index < -0.39 is 0 Å². The van der Waals surface area contributed by atoms with Crippen LogP contribution in [0, 0.1) is 5.92 Å². The van der Waals surface area contributed by atoms with Crippen LogP contribution in [0.25, 0.3) is 0 Å². The van der Waals surface area contributed by atoms with Crippen molar-refractivity contribution in [2.45, 2.75) is 39.3 Å². The van der Waals surface area contributed by atoms with Crippen molar-refractivity contribution in [3.63, 3.8) is 0 Å². The Morgan fingerprint density at radius 2 is 2.18 bits per heavy atom. The Morgan fingerprint density at radius 3 is 2.55 bits per heavy atom. The van der Waals surface area contributed by atoms with E-state index in [-0.39, 0.29) is 6.10 Å². The number of aliphatic hydroxyl groups excluding tert-OH is 1. The second kappa shape index (κ2) is 3.55. The average molecular weight is 157 g/mol. The second-order valence-corrected chi connectivity index (χ2v) is 3.99. The molecule has 1 fully saturated rings. The van der Waals surface area contributed by atoms with Gasteiger partial charge in [0.1, 0.15) is 0 Å². The fourth-order valence-electron chi connectivity index (χ4n) is 1.71. The first kappa shape index (κ1) is 9.01. The lowest BCUT2D eigenvalue weighted by molar-refractivity contribution is 0.120. The molecule has 11 heavy (non-hydrogen) atoms. The van der Waals surface area contributed by atoms with Crippen LogP contribution in [-0.4, -0.2) is 35.2 Å². The van der Waals surface area contributed by atoms with Gasteiger partial charge in [0.15, 0.2) is 0 Å². The molecule has 1 aliphatic rings. The molecule has 1 saturated heterocycles. The van der Waals surface area contributed by atoms with Crippen LogP contribution in [0.2, 0.25) is 0 Å². The highest BCUT2D eigenvalue weighted by atomic mass is 16.3. The summed E-state index contributed by atoms with van der Waals surface area (Å²) in [4.78, 5) is 2.37. The fraction of sp³-hybridized carbons (Fsp3) is 1.00. The van der Waals surface area contributed by atoms with E-state index in [0.29, 0.717) is 12.0 Å². The molecular weight excluding hydrogens is 138 g/mol. The van der Waals surface area contributed by atoms with E-state index in [0.717, 1.165) is 19.5 Å². The van der Waals surface area contributed by atoms with Crippen molar-refractivity contribution in [1.29, 1.82) is 0 Å². The van der Waals surface area contributed by atoms with Crippen LogP contribution >= 0.6 is 0 Å². The van der Waals surface area contributed by atoms with Crippen molar-refractivity contribution in [3.05, 3.63) is 0 Å². The molecule has 0 aromatic carbocycles. The Kier molecular flexibility index (Phi) is 2.90. The molecule has 2 unspecified atom stereocenters. The topological polar surface area (TPSA) is 23.5 Å². The molecule has 0 aromatic heterocycles. The van der Waals surface area contributed by atoms with Crippen LogP contribution in [0.5, 0.6) is 0 Å². The van der Waals surface area contributed by atoms with Crippen molar-refractivity contribution >= 4 is 0 Å². The number of hydrogen-bond donors (Lipinski definition) is 1. The largest absolute Gasteiger partial charge is 0.391 e. The van der Waals surface area contributed by atoms with Crippen LogP contribution in [-0.2, 0) is 0 Å². The molecule has 1 heterocycles. The lowest BCUT2D eigenvalue weighted by Gasteiger charge is -2.23. The first-order valence-electron chi connectivity index (χ1n) is 4.53. The van der Waals surface area contributed by atoms with Crippen molar-refractivity contribution in [2.24, 2.45) is 5.92 Å². The van der Waals surface area contributed by atoms with Gasteiger partial charge in [0.25, 0.3) is 0 Å². The van der Waals surface area contributed by atoms with Gasteiger partial charge >= 0.3 is 0 Å². The average Bonchev–Trinajstić information content (AvgIpc) is 2.18. The Hall–Kier alpha value is -0.0800. The van der Waals surface area contributed by atoms with Crippen molar-refractivity contribution in [2.75, 3.05) is 13.1 Å². The Morgan fingerprint density at radius 1 is 1.55 bits per heavy atom. The summed E-state index contributed by atoms with van der Waals surface area (Å²) >= 11 is 0. The Labute approximate surface area is 69.2 Å². The maximum atomic E-state index is 9.44. The minimum absolute atomic E-state index is 0.0891. The number of aliphatic hydroxyl groups is 1. The molecule has 66 valence electrons. The van der Waals surface area contributed by atoms with Crippen molar-refractivity contribution in [1.82, 2.24) is 4.90 Å². The van der Waals surface area contributed by atoms with Crippen molar-refractivity contribution in [3.8, 4) is 0 Å². The molecule has 0 saturated carbocycles. The maximum Gasteiger partial charge on any atom is 0.0704 e. The van der Waals surface area contributed by atoms with E-state index in [4.69, 9.17) is 0 Å². The zero-order valence-electron chi connectivity index (χ0n) is 7.75. The van der Waals surface area contributed by atoms with Gasteiger partial charge in [-0.05, 0) is 19.3 Å². The molecule has 0 spiro atoms. The number of likely N-dealkylation sites (tertiary alicyclic amines) is 1. The van der Waals surface area contributed by atoms with E-state index in [1.165, 1.54) is 0 Å². The van der Waals surface area contributed by atoms with Crippen LogP contribution in [0.15, 0.2) is 0 Å². The minimum atomic E-state index is -0.0891. The SMILES string of the molecule is CC(C)CN1CCC(O)C1C. The molecule has 1 aliphatic heterocycles. The molecule has 1 N–H and O–H groups in total. The molecule has 0 bridgehead atoms. The summed E-state index contributed by atoms with van der Waals surface area (Å²) in [7, 11) is 0. The van der Waals surface area contributed by atoms with Gasteiger partial charge in [0, 0.05) is 19.1 Å². The van der Waals surface area contributed by atoms with Crippen LogP contribution < -0.4 is 0 Å². The highest BCUT2D eigenvalue weighted by Gasteiger charge is 2.28. The van der Waals surface area contributed by atoms with E-state index in [1.807, 2.05) is 0 Å². The summed E-state index contributed by atoms with van der Waals surface area (Å²) in [6.07, 6.45) is 0.863. The molecule has 2 atom stereocenters. The predicted molar refractivity (Wildman–Crippen MR) is 46.5 cm³/mol. The van der Waals surface area contributed by atoms with Crippen LogP contribution in [0.1, 0.15) is 27.2 Å². The monoisotopic (exact) mass is 157 g/mol. The molecule has 1 rings (SSSR count). The van der Waals surface area contributed by atoms with Gasteiger partial charge in [-0.25, -0.2) is 0 Å². The van der Waals surface area contributed by atoms with Gasteiger partial charge in [0.2, 0.25) is 0 Å². The standard InChI is InChI=1S/C9H19NO/c1-7(2)6-10-5-4-9(11)8(10)3/h7-9,11H,4-6H2,1-3H3. The summed E-state index contributed by atoms with van der Waals surface area (Å²) in [6, 6.07) is 0.373. The van der Waals surface area contributed by atoms with Crippen molar-refractivity contribution < 1.29 is 5.11 Å². The summed E-state index contributed by atoms with van der Waals surface area (Å²) < 4.78 is 0. The zero-order chi connectivity index (χ0) is 8.43. The maximum absolute atomic E-state index is 9.44. The third kappa shape index (κ3) is 2.17. The Bertz CT molecular complexity index is 125. The van der Waals surface area contributed by atoms with Crippen LogP contribution in [0.4, 0.5) is 0 Å². The first-order valence-corrected chi connectivity index (χ1v) is 4.53. The van der Waals surface area contributed by atoms with E-state index in [2.05, 4.69) is 25.7 Å². The summed E-state index contributed by atoms with van der Waals surface area (Å²) in [5.41, 5.74) is 0. The quantitative estimate of drug-likeness (QED) is 0.649. The van der Waals surface area contributed by atoms with Gasteiger partial charge in [-0.3, -0.25) is 4.90 Å². The first-order chi connectivity index (χ1) is 5.11. The van der Waals surface area contributed by atoms with Gasteiger partial charge < -0.3 is 5.11 Å². The number of rotatable bonds is 2. The normalized spacial score (nSPS) is 33.5. The van der Waals surface area contributed by atoms with Gasteiger partial charge in [-0.2, -0.15) is 0 Å². The molecule has 0 amide bonds. The summed E-state index contributed by atoms with van der Waals surface area (Å²) in [6.45, 7) is 8.74. The second-order valence-electron chi connectivity index (χ2n) is 3.99. The summed E-state index contributed by atoms with van der Waals surface area (Å²) in [5, 5.41) is 9.44. The lowest BCUT2D eigenvalue weighted by atomic mass is 10.1. The van der Waals surface area contributed by atoms with E-state index in [9.17, 15) is 5.11 Å². The van der Waals surface area contributed by atoms with Gasteiger partial charge in [0.05, 0.1) is 6.10 Å². The number of nitrogens with zero attached hydrogens (tertiary/aromatic N) is 1. The third-order valence-electron chi connectivity index (χ3n) is 2.44. The highest BCUT2D eigenvalue weighted by Crippen LogP contribution is 2.18. The van der Waals surface area contributed by atoms with Crippen LogP contribution in [0.3, 0.4) is 0 Å². The summed E-state index contributed by atoms with van der Waals surface area (Å²) in [5.74, 6) is 0.711. The van der Waals surface area contributed by atoms with Gasteiger partial charge in [-0.15, -0.1) is 0 Å². The molecule has 0 aliphatic carbocycles. The fourth-order valence-corrected chi connectivity index (χ4v) is 1.71. The smallest absolute Gasteiger partial charge is 0.0704 e. The van der Waals surface area contributed by atoms with Gasteiger partial charge in [-0.1, -0.05) is 13.8 Å². The number of hydrogen-bond acceptors (Lipinski definition) is 2. The highest BCUT2D eigenvalue weighted by molar-refractivity contribution is 4.83.